The lowest BCUT2D eigenvalue weighted by atomic mass is 10.2. The summed E-state index contributed by atoms with van der Waals surface area (Å²) in [5.41, 5.74) is -0.617. The van der Waals surface area contributed by atoms with Crippen molar-refractivity contribution in [2.24, 2.45) is 0 Å². The average Bonchev–Trinajstić information content (AvgIpc) is 2.57. The summed E-state index contributed by atoms with van der Waals surface area (Å²) in [7, 11) is 1.61. The molecule has 0 aliphatic heterocycles. The Labute approximate surface area is 169 Å². The molecule has 3 N–H and O–H groups in total. The van der Waals surface area contributed by atoms with Crippen LogP contribution in [-0.2, 0) is 15.8 Å². The smallest absolute Gasteiger partial charge is 0.322 e. The highest BCUT2D eigenvalue weighted by molar-refractivity contribution is 6.33. The molecule has 0 bridgehead atoms. The van der Waals surface area contributed by atoms with Crippen LogP contribution in [0.15, 0.2) is 42.5 Å². The first-order valence-electron chi connectivity index (χ1n) is 8.08. The molecule has 2 rings (SSSR count). The van der Waals surface area contributed by atoms with E-state index in [1.165, 1.54) is 6.07 Å². The van der Waals surface area contributed by atoms with Gasteiger partial charge in [-0.05, 0) is 30.3 Å². The van der Waals surface area contributed by atoms with Crippen molar-refractivity contribution < 1.29 is 27.7 Å². The third-order valence-electron chi connectivity index (χ3n) is 3.63. The Morgan fingerprint density at radius 2 is 1.57 bits per heavy atom. The number of anilines is 2. The number of likely N-dealkylation sites (N-methyl/N-ethyl adjacent to an activating group) is 1. The van der Waals surface area contributed by atoms with Gasteiger partial charge in [0.25, 0.3) is 11.8 Å². The molecule has 2 aromatic carbocycles. The summed E-state index contributed by atoms with van der Waals surface area (Å²) in [4.78, 5) is 24.6. The van der Waals surface area contributed by atoms with E-state index >= 15 is 0 Å². The Morgan fingerprint density at radius 3 is 2.18 bits per heavy atom. The van der Waals surface area contributed by atoms with Crippen molar-refractivity contribution in [3.05, 3.63) is 58.1 Å². The van der Waals surface area contributed by atoms with Crippen molar-refractivity contribution in [3.8, 4) is 0 Å². The zero-order valence-corrected chi connectivity index (χ0v) is 16.2. The fourth-order valence-corrected chi connectivity index (χ4v) is 2.80. The maximum atomic E-state index is 12.9. The van der Waals surface area contributed by atoms with Crippen LogP contribution >= 0.6 is 23.2 Å². The van der Waals surface area contributed by atoms with Crippen molar-refractivity contribution >= 4 is 46.4 Å². The minimum absolute atomic E-state index is 0.0324. The van der Waals surface area contributed by atoms with Gasteiger partial charge in [0.05, 0.1) is 28.3 Å². The lowest BCUT2D eigenvalue weighted by Gasteiger charge is -2.15. The van der Waals surface area contributed by atoms with Gasteiger partial charge in [0, 0.05) is 5.69 Å². The van der Waals surface area contributed by atoms with Gasteiger partial charge in [-0.25, -0.2) is 0 Å². The van der Waals surface area contributed by atoms with Crippen LogP contribution in [0.2, 0.25) is 10.0 Å². The van der Waals surface area contributed by atoms with Crippen LogP contribution < -0.4 is 15.5 Å². The number of carbonyl (C=O) groups is 2. The van der Waals surface area contributed by atoms with Crippen molar-refractivity contribution in [1.82, 2.24) is 0 Å². The van der Waals surface area contributed by atoms with Crippen LogP contribution in [0, 0.1) is 0 Å². The molecule has 2 aromatic rings. The summed E-state index contributed by atoms with van der Waals surface area (Å²) in [5.74, 6) is -0.900. The zero-order valence-electron chi connectivity index (χ0n) is 14.7. The molecule has 5 nitrogen and oxygen atoms in total. The summed E-state index contributed by atoms with van der Waals surface area (Å²) in [6.07, 6.45) is -4.63. The number of alkyl halides is 3. The Bertz CT molecular complexity index is 875. The number of para-hydroxylation sites is 1. The van der Waals surface area contributed by atoms with E-state index in [2.05, 4.69) is 10.6 Å². The number of hydrogen-bond acceptors (Lipinski definition) is 2. The van der Waals surface area contributed by atoms with E-state index in [1.54, 1.807) is 31.3 Å². The van der Waals surface area contributed by atoms with Gasteiger partial charge in [0.15, 0.2) is 13.1 Å². The fourth-order valence-electron chi connectivity index (χ4n) is 2.39. The van der Waals surface area contributed by atoms with Gasteiger partial charge in [-0.2, -0.15) is 13.2 Å². The van der Waals surface area contributed by atoms with Crippen molar-refractivity contribution in [2.75, 3.05) is 30.8 Å². The summed E-state index contributed by atoms with van der Waals surface area (Å²) in [6.45, 7) is -0.160. The van der Waals surface area contributed by atoms with Gasteiger partial charge in [-0.15, -0.1) is 0 Å². The number of nitrogens with one attached hydrogen (secondary N) is 3. The maximum absolute atomic E-state index is 12.9. The fraction of sp³-hybridized carbons (Fsp3) is 0.222. The molecule has 0 fully saturated rings. The van der Waals surface area contributed by atoms with Gasteiger partial charge in [-0.1, -0.05) is 35.3 Å². The normalized spacial score (nSPS) is 12.4. The molecule has 1 unspecified atom stereocenters. The number of quaternary nitrogens is 1. The van der Waals surface area contributed by atoms with E-state index in [0.29, 0.717) is 15.6 Å². The highest BCUT2D eigenvalue weighted by Gasteiger charge is 2.33. The molecule has 0 heterocycles. The summed E-state index contributed by atoms with van der Waals surface area (Å²) in [5, 5.41) is 4.93. The van der Waals surface area contributed by atoms with Gasteiger partial charge < -0.3 is 15.5 Å². The lowest BCUT2D eigenvalue weighted by Crippen LogP contribution is -3.11. The number of halogens is 5. The average molecular weight is 435 g/mol. The van der Waals surface area contributed by atoms with Crippen LogP contribution in [0.1, 0.15) is 5.56 Å². The van der Waals surface area contributed by atoms with Crippen LogP contribution in [0.3, 0.4) is 0 Å². The first kappa shape index (κ1) is 22.0. The second-order valence-corrected chi connectivity index (χ2v) is 6.89. The number of benzene rings is 2. The summed E-state index contributed by atoms with van der Waals surface area (Å²) >= 11 is 11.5. The van der Waals surface area contributed by atoms with E-state index in [9.17, 15) is 22.8 Å². The van der Waals surface area contributed by atoms with Crippen LogP contribution in [0.5, 0.6) is 0 Å². The highest BCUT2D eigenvalue weighted by atomic mass is 35.5. The number of carbonyl (C=O) groups excluding carboxylic acids is 2. The zero-order chi connectivity index (χ0) is 20.9. The second-order valence-electron chi connectivity index (χ2n) is 6.08. The molecule has 0 radical (unpaired) electrons. The van der Waals surface area contributed by atoms with Crippen molar-refractivity contribution in [2.45, 2.75) is 6.18 Å². The van der Waals surface area contributed by atoms with Crippen LogP contribution in [0.4, 0.5) is 24.5 Å². The topological polar surface area (TPSA) is 62.6 Å². The Morgan fingerprint density at radius 1 is 0.964 bits per heavy atom. The monoisotopic (exact) mass is 434 g/mol. The first-order chi connectivity index (χ1) is 13.1. The molecule has 0 aliphatic rings. The van der Waals surface area contributed by atoms with Crippen LogP contribution in [0.25, 0.3) is 0 Å². The predicted molar refractivity (Wildman–Crippen MR) is 102 cm³/mol. The van der Waals surface area contributed by atoms with Crippen molar-refractivity contribution in [1.29, 1.82) is 0 Å². The quantitative estimate of drug-likeness (QED) is 0.653. The van der Waals surface area contributed by atoms with Crippen molar-refractivity contribution in [3.63, 3.8) is 0 Å². The molecule has 0 saturated heterocycles. The molecule has 28 heavy (non-hydrogen) atoms. The molecular formula is C18H17Cl2F3N3O2+. The molecule has 10 heteroatoms. The van der Waals surface area contributed by atoms with Gasteiger partial charge in [-0.3, -0.25) is 9.59 Å². The van der Waals surface area contributed by atoms with Crippen LogP contribution in [-0.4, -0.2) is 32.0 Å². The minimum atomic E-state index is -4.63. The largest absolute Gasteiger partial charge is 0.417 e. The Kier molecular flexibility index (Phi) is 7.29. The van der Waals surface area contributed by atoms with E-state index in [-0.39, 0.29) is 24.7 Å². The van der Waals surface area contributed by atoms with Gasteiger partial charge >= 0.3 is 6.18 Å². The molecule has 0 aromatic heterocycles. The maximum Gasteiger partial charge on any atom is 0.417 e. The number of rotatable bonds is 6. The lowest BCUT2D eigenvalue weighted by molar-refractivity contribution is -0.862. The summed E-state index contributed by atoms with van der Waals surface area (Å²) in [6, 6.07) is 9.80. The Balaban J connectivity index is 1.90. The van der Waals surface area contributed by atoms with E-state index in [1.807, 2.05) is 0 Å². The van der Waals surface area contributed by atoms with E-state index < -0.39 is 22.7 Å². The molecular weight excluding hydrogens is 418 g/mol. The first-order valence-corrected chi connectivity index (χ1v) is 8.84. The molecule has 0 aliphatic carbocycles. The van der Waals surface area contributed by atoms with E-state index in [4.69, 9.17) is 23.2 Å². The molecule has 150 valence electrons. The molecule has 2 amide bonds. The SMILES string of the molecule is C[NH+](CC(=O)Nc1ccc(Cl)c(C(F)(F)F)c1)CC(=O)Nc1ccccc1Cl. The van der Waals surface area contributed by atoms with E-state index in [0.717, 1.165) is 12.1 Å². The Hall–Kier alpha value is -2.29. The predicted octanol–water partition coefficient (Wildman–Crippen LogP) is 3.10. The summed E-state index contributed by atoms with van der Waals surface area (Å²) < 4.78 is 38.6. The highest BCUT2D eigenvalue weighted by Crippen LogP contribution is 2.36. The minimum Gasteiger partial charge on any atom is -0.322 e. The van der Waals surface area contributed by atoms with Gasteiger partial charge in [0.2, 0.25) is 0 Å². The second kappa shape index (κ2) is 9.27. The van der Waals surface area contributed by atoms with Gasteiger partial charge in [0.1, 0.15) is 0 Å². The third-order valence-corrected chi connectivity index (χ3v) is 4.29. The third kappa shape index (κ3) is 6.40. The molecule has 1 atom stereocenters. The number of amides is 2. The molecule has 0 saturated carbocycles. The molecule has 0 spiro atoms. The standard InChI is InChI=1S/C18H16Cl2F3N3O2/c1-26(10-17(28)25-15-5-3-2-4-14(15)20)9-16(27)24-11-6-7-13(19)12(8-11)18(21,22)23/h2-8H,9-10H2,1H3,(H,24,27)(H,25,28)/p+1. The number of hydrogen-bond donors (Lipinski definition) is 3.